The first-order chi connectivity index (χ1) is 14.5. The molecule has 2 aliphatic carbocycles. The largest absolute Gasteiger partial charge is 0.478 e. The van der Waals surface area contributed by atoms with Crippen LogP contribution in [0.3, 0.4) is 0 Å². The number of rotatable bonds is 4. The van der Waals surface area contributed by atoms with Gasteiger partial charge in [-0.25, -0.2) is 9.18 Å². The van der Waals surface area contributed by atoms with E-state index in [2.05, 4.69) is 17.1 Å². The summed E-state index contributed by atoms with van der Waals surface area (Å²) in [6, 6.07) is 8.08. The van der Waals surface area contributed by atoms with E-state index in [9.17, 15) is 14.3 Å². The number of fused-ring (bicyclic) bond motifs is 2. The zero-order valence-electron chi connectivity index (χ0n) is 16.1. The Morgan fingerprint density at radius 2 is 2.07 bits per heavy atom. The third-order valence-corrected chi connectivity index (χ3v) is 6.69. The smallest absolute Gasteiger partial charge is 0.336 e. The summed E-state index contributed by atoms with van der Waals surface area (Å²) in [5.41, 5.74) is 3.68. The lowest BCUT2D eigenvalue weighted by Gasteiger charge is -2.28. The van der Waals surface area contributed by atoms with Gasteiger partial charge >= 0.3 is 5.97 Å². The standard InChI is InChI=1S/C23H18FN3O2S/c1-27-22-17(3-2-4-20(22)30-15-7-5-14(24)6-8-15)21(26-27)13-11-18-16(23(28)29)9-10-25-19(18)12-13/h2-10,12,17,22H,11H2,1H3,(H,28,29). The minimum Gasteiger partial charge on any atom is -0.478 e. The van der Waals surface area contributed by atoms with Crippen LogP contribution in [0.4, 0.5) is 4.39 Å². The van der Waals surface area contributed by atoms with E-state index >= 15 is 0 Å². The fourth-order valence-electron chi connectivity index (χ4n) is 4.21. The number of carbonyl (C=O) groups is 1. The van der Waals surface area contributed by atoms with E-state index in [1.165, 1.54) is 18.3 Å². The van der Waals surface area contributed by atoms with Gasteiger partial charge < -0.3 is 5.11 Å². The molecule has 2 aromatic rings. The number of aromatic carboxylic acids is 1. The van der Waals surface area contributed by atoms with Crippen molar-refractivity contribution in [2.45, 2.75) is 17.4 Å². The van der Waals surface area contributed by atoms with E-state index in [0.29, 0.717) is 17.7 Å². The zero-order valence-corrected chi connectivity index (χ0v) is 16.9. The molecule has 7 heteroatoms. The molecule has 2 heterocycles. The molecule has 0 radical (unpaired) electrons. The van der Waals surface area contributed by atoms with Crippen LogP contribution in [0.1, 0.15) is 21.6 Å². The van der Waals surface area contributed by atoms with Gasteiger partial charge in [-0.05, 0) is 47.5 Å². The summed E-state index contributed by atoms with van der Waals surface area (Å²) in [6.07, 6.45) is 10.2. The maximum atomic E-state index is 13.2. The molecule has 5 rings (SSSR count). The number of aromatic nitrogens is 1. The van der Waals surface area contributed by atoms with Crippen LogP contribution >= 0.6 is 11.8 Å². The number of pyridine rings is 1. The summed E-state index contributed by atoms with van der Waals surface area (Å²) in [4.78, 5) is 18.0. The highest BCUT2D eigenvalue weighted by atomic mass is 32.2. The molecule has 0 amide bonds. The van der Waals surface area contributed by atoms with E-state index in [1.807, 2.05) is 24.2 Å². The van der Waals surface area contributed by atoms with Gasteiger partial charge in [-0.1, -0.05) is 30.0 Å². The predicted octanol–water partition coefficient (Wildman–Crippen LogP) is 4.39. The second-order valence-corrected chi connectivity index (χ2v) is 8.56. The quantitative estimate of drug-likeness (QED) is 0.796. The Bertz CT molecular complexity index is 1170. The SMILES string of the molecule is CN1N=C(C2=Cc3nccc(C(=O)O)c3C2)C2C=CC=C(Sc3ccc(F)cc3)C21. The van der Waals surface area contributed by atoms with Gasteiger partial charge in [0.2, 0.25) is 0 Å². The highest BCUT2D eigenvalue weighted by Gasteiger charge is 2.40. The second-order valence-electron chi connectivity index (χ2n) is 7.41. The highest BCUT2D eigenvalue weighted by Crippen LogP contribution is 2.42. The molecule has 2 atom stereocenters. The Labute approximate surface area is 177 Å². The van der Waals surface area contributed by atoms with Crippen LogP contribution in [0, 0.1) is 11.7 Å². The van der Waals surface area contributed by atoms with Gasteiger partial charge in [0.1, 0.15) is 5.82 Å². The van der Waals surface area contributed by atoms with Crippen LogP contribution in [-0.4, -0.2) is 39.9 Å². The van der Waals surface area contributed by atoms with Crippen LogP contribution < -0.4 is 0 Å². The number of nitrogens with zero attached hydrogens (tertiary/aromatic N) is 3. The molecule has 5 nitrogen and oxygen atoms in total. The number of allylic oxidation sites excluding steroid dienone is 3. The molecular weight excluding hydrogens is 401 g/mol. The third kappa shape index (κ3) is 3.15. The molecule has 0 bridgehead atoms. The predicted molar refractivity (Wildman–Crippen MR) is 115 cm³/mol. The monoisotopic (exact) mass is 419 g/mol. The van der Waals surface area contributed by atoms with E-state index in [-0.39, 0.29) is 17.8 Å². The molecule has 1 aromatic carbocycles. The van der Waals surface area contributed by atoms with Gasteiger partial charge in [-0.3, -0.25) is 9.99 Å². The Kier molecular flexibility index (Phi) is 4.55. The summed E-state index contributed by atoms with van der Waals surface area (Å²) in [5, 5.41) is 16.3. The molecule has 0 fully saturated rings. The van der Waals surface area contributed by atoms with Crippen LogP contribution in [0.15, 0.2) is 75.2 Å². The zero-order chi connectivity index (χ0) is 20.8. The van der Waals surface area contributed by atoms with Crippen LogP contribution in [0.5, 0.6) is 0 Å². The summed E-state index contributed by atoms with van der Waals surface area (Å²) in [7, 11) is 1.95. The maximum Gasteiger partial charge on any atom is 0.336 e. The van der Waals surface area contributed by atoms with Gasteiger partial charge in [0.15, 0.2) is 0 Å². The van der Waals surface area contributed by atoms with Crippen LogP contribution in [0.25, 0.3) is 6.08 Å². The lowest BCUT2D eigenvalue weighted by atomic mass is 9.87. The Hall–Kier alpha value is -3.19. The first kappa shape index (κ1) is 18.8. The first-order valence-electron chi connectivity index (χ1n) is 9.56. The van der Waals surface area contributed by atoms with E-state index in [4.69, 9.17) is 5.10 Å². The number of carboxylic acid groups (broad SMARTS) is 1. The van der Waals surface area contributed by atoms with Gasteiger partial charge in [0.25, 0.3) is 0 Å². The Balaban J connectivity index is 1.41. The lowest BCUT2D eigenvalue weighted by molar-refractivity contribution is 0.0695. The molecule has 3 aliphatic rings. The minimum atomic E-state index is -0.940. The van der Waals surface area contributed by atoms with Gasteiger partial charge in [-0.2, -0.15) is 5.10 Å². The molecule has 0 saturated heterocycles. The van der Waals surface area contributed by atoms with Crippen molar-refractivity contribution in [2.24, 2.45) is 11.0 Å². The highest BCUT2D eigenvalue weighted by molar-refractivity contribution is 8.03. The summed E-state index contributed by atoms with van der Waals surface area (Å²) < 4.78 is 13.2. The number of likely N-dealkylation sites (N-methyl/N-ethyl adjacent to an activating group) is 1. The van der Waals surface area contributed by atoms with Crippen molar-refractivity contribution in [3.63, 3.8) is 0 Å². The number of hydrazone groups is 1. The van der Waals surface area contributed by atoms with Gasteiger partial charge in [0, 0.05) is 35.4 Å². The average molecular weight is 419 g/mol. The van der Waals surface area contributed by atoms with Crippen molar-refractivity contribution < 1.29 is 14.3 Å². The van der Waals surface area contributed by atoms with Crippen molar-refractivity contribution in [2.75, 3.05) is 7.05 Å². The van der Waals surface area contributed by atoms with Crippen molar-refractivity contribution in [1.82, 2.24) is 9.99 Å². The van der Waals surface area contributed by atoms with Crippen molar-refractivity contribution in [3.8, 4) is 0 Å². The number of carboxylic acids is 1. The van der Waals surface area contributed by atoms with Crippen LogP contribution in [0.2, 0.25) is 0 Å². The number of benzene rings is 1. The Morgan fingerprint density at radius 1 is 1.27 bits per heavy atom. The minimum absolute atomic E-state index is 0.0524. The van der Waals surface area contributed by atoms with E-state index in [0.717, 1.165) is 26.6 Å². The molecule has 1 N–H and O–H groups in total. The van der Waals surface area contributed by atoms with E-state index < -0.39 is 5.97 Å². The molecule has 30 heavy (non-hydrogen) atoms. The maximum absolute atomic E-state index is 13.2. The molecule has 0 saturated carbocycles. The molecule has 0 spiro atoms. The molecule has 150 valence electrons. The Morgan fingerprint density at radius 3 is 2.83 bits per heavy atom. The van der Waals surface area contributed by atoms with Crippen molar-refractivity contribution in [1.29, 1.82) is 0 Å². The number of hydrogen-bond donors (Lipinski definition) is 1. The first-order valence-corrected chi connectivity index (χ1v) is 10.4. The van der Waals surface area contributed by atoms with Crippen molar-refractivity contribution >= 4 is 29.5 Å². The van der Waals surface area contributed by atoms with Gasteiger partial charge in [-0.15, -0.1) is 0 Å². The second kappa shape index (κ2) is 7.25. The topological polar surface area (TPSA) is 65.8 Å². The van der Waals surface area contributed by atoms with Gasteiger partial charge in [0.05, 0.1) is 23.0 Å². The van der Waals surface area contributed by atoms with Crippen LogP contribution in [-0.2, 0) is 6.42 Å². The summed E-state index contributed by atoms with van der Waals surface area (Å²) >= 11 is 1.61. The van der Waals surface area contributed by atoms with E-state index in [1.54, 1.807) is 30.0 Å². The fourth-order valence-corrected chi connectivity index (χ4v) is 5.32. The average Bonchev–Trinajstić information content (AvgIpc) is 3.31. The molecule has 1 aromatic heterocycles. The van der Waals surface area contributed by atoms with Crippen molar-refractivity contribution in [3.05, 3.63) is 87.9 Å². The molecular formula is C23H18FN3O2S. The number of hydrogen-bond acceptors (Lipinski definition) is 5. The summed E-state index contributed by atoms with van der Waals surface area (Å²) in [6.45, 7) is 0. The molecule has 2 unspecified atom stereocenters. The summed E-state index contributed by atoms with van der Waals surface area (Å²) in [5.74, 6) is -1.12. The third-order valence-electron chi connectivity index (χ3n) is 5.57. The molecule has 1 aliphatic heterocycles. The number of halogens is 1. The normalized spacial score (nSPS) is 21.7. The fraction of sp³-hybridized carbons (Fsp3) is 0.174. The number of thioether (sulfide) groups is 1. The lowest BCUT2D eigenvalue weighted by Crippen LogP contribution is -2.32.